The van der Waals surface area contributed by atoms with E-state index in [4.69, 9.17) is 11.6 Å². The Hall–Kier alpha value is -1.75. The van der Waals surface area contributed by atoms with E-state index < -0.39 is 17.5 Å². The SMILES string of the molecule is Cc1ccc(Cl)cc1NC(=O)NC1(C(=O)O)CCCCC1. The van der Waals surface area contributed by atoms with Crippen LogP contribution in [0, 0.1) is 6.92 Å². The number of aliphatic carboxylic acids is 1. The van der Waals surface area contributed by atoms with E-state index in [9.17, 15) is 14.7 Å². The van der Waals surface area contributed by atoms with Crippen molar-refractivity contribution in [2.75, 3.05) is 5.32 Å². The third-order valence-electron chi connectivity index (χ3n) is 3.92. The summed E-state index contributed by atoms with van der Waals surface area (Å²) < 4.78 is 0. The van der Waals surface area contributed by atoms with E-state index in [1.165, 1.54) is 0 Å². The van der Waals surface area contributed by atoms with Gasteiger partial charge in [0.1, 0.15) is 5.54 Å². The van der Waals surface area contributed by atoms with Crippen molar-refractivity contribution in [1.82, 2.24) is 5.32 Å². The molecular formula is C15H19ClN2O3. The van der Waals surface area contributed by atoms with Crippen LogP contribution in [0.4, 0.5) is 10.5 Å². The monoisotopic (exact) mass is 310 g/mol. The molecule has 0 aromatic heterocycles. The number of rotatable bonds is 3. The maximum absolute atomic E-state index is 12.1. The number of aryl methyl sites for hydroxylation is 1. The molecule has 0 bridgehead atoms. The van der Waals surface area contributed by atoms with Gasteiger partial charge < -0.3 is 15.7 Å². The van der Waals surface area contributed by atoms with Crippen LogP contribution in [0.25, 0.3) is 0 Å². The maximum Gasteiger partial charge on any atom is 0.329 e. The normalized spacial score (nSPS) is 17.0. The van der Waals surface area contributed by atoms with Crippen LogP contribution in [0.2, 0.25) is 5.02 Å². The first-order chi connectivity index (χ1) is 9.93. The summed E-state index contributed by atoms with van der Waals surface area (Å²) in [6.45, 7) is 1.85. The lowest BCUT2D eigenvalue weighted by atomic mass is 9.82. The molecule has 0 saturated heterocycles. The van der Waals surface area contributed by atoms with Crippen molar-refractivity contribution < 1.29 is 14.7 Å². The molecule has 0 atom stereocenters. The third kappa shape index (κ3) is 3.67. The van der Waals surface area contributed by atoms with Crippen LogP contribution in [0.5, 0.6) is 0 Å². The zero-order valence-electron chi connectivity index (χ0n) is 11.9. The highest BCUT2D eigenvalue weighted by molar-refractivity contribution is 6.31. The molecule has 0 spiro atoms. The Bertz CT molecular complexity index is 554. The molecule has 0 radical (unpaired) electrons. The average Bonchev–Trinajstić information content (AvgIpc) is 2.43. The maximum atomic E-state index is 12.1. The van der Waals surface area contributed by atoms with Crippen LogP contribution in [-0.2, 0) is 4.79 Å². The van der Waals surface area contributed by atoms with Gasteiger partial charge in [-0.3, -0.25) is 0 Å². The Balaban J connectivity index is 2.09. The van der Waals surface area contributed by atoms with Gasteiger partial charge in [-0.1, -0.05) is 36.9 Å². The minimum Gasteiger partial charge on any atom is -0.480 e. The zero-order chi connectivity index (χ0) is 15.5. The molecule has 0 aliphatic heterocycles. The number of benzene rings is 1. The van der Waals surface area contributed by atoms with Crippen molar-refractivity contribution >= 4 is 29.3 Å². The Morgan fingerprint density at radius 3 is 2.52 bits per heavy atom. The molecule has 6 heteroatoms. The first kappa shape index (κ1) is 15.6. The number of carbonyl (C=O) groups is 2. The van der Waals surface area contributed by atoms with Gasteiger partial charge in [0.25, 0.3) is 0 Å². The lowest BCUT2D eigenvalue weighted by molar-refractivity contribution is -0.145. The number of carboxylic acid groups (broad SMARTS) is 1. The molecule has 114 valence electrons. The number of amides is 2. The molecule has 1 saturated carbocycles. The van der Waals surface area contributed by atoms with Gasteiger partial charge in [0, 0.05) is 10.7 Å². The van der Waals surface area contributed by atoms with E-state index in [1.54, 1.807) is 18.2 Å². The van der Waals surface area contributed by atoms with Crippen molar-refractivity contribution in [1.29, 1.82) is 0 Å². The minimum absolute atomic E-state index is 0.463. The number of hydrogen-bond donors (Lipinski definition) is 3. The molecule has 0 unspecified atom stereocenters. The minimum atomic E-state index is -1.16. The van der Waals surface area contributed by atoms with E-state index in [0.29, 0.717) is 23.6 Å². The molecule has 1 fully saturated rings. The highest BCUT2D eigenvalue weighted by atomic mass is 35.5. The molecule has 21 heavy (non-hydrogen) atoms. The van der Waals surface area contributed by atoms with Gasteiger partial charge in [-0.25, -0.2) is 9.59 Å². The van der Waals surface area contributed by atoms with Gasteiger partial charge in [0.05, 0.1) is 0 Å². The topological polar surface area (TPSA) is 78.4 Å². The lowest BCUT2D eigenvalue weighted by Crippen LogP contribution is -2.56. The zero-order valence-corrected chi connectivity index (χ0v) is 12.7. The number of halogens is 1. The second kappa shape index (κ2) is 6.35. The van der Waals surface area contributed by atoms with Crippen molar-refractivity contribution in [3.8, 4) is 0 Å². The van der Waals surface area contributed by atoms with Gasteiger partial charge in [-0.05, 0) is 37.5 Å². The van der Waals surface area contributed by atoms with E-state index in [2.05, 4.69) is 10.6 Å². The summed E-state index contributed by atoms with van der Waals surface area (Å²) in [4.78, 5) is 23.6. The van der Waals surface area contributed by atoms with Gasteiger partial charge in [-0.15, -0.1) is 0 Å². The van der Waals surface area contributed by atoms with Crippen LogP contribution in [0.3, 0.4) is 0 Å². The predicted molar refractivity (Wildman–Crippen MR) is 81.8 cm³/mol. The van der Waals surface area contributed by atoms with Gasteiger partial charge in [0.15, 0.2) is 0 Å². The summed E-state index contributed by atoms with van der Waals surface area (Å²) in [6.07, 6.45) is 3.55. The van der Waals surface area contributed by atoms with Crippen LogP contribution < -0.4 is 10.6 Å². The fraction of sp³-hybridized carbons (Fsp3) is 0.467. The van der Waals surface area contributed by atoms with Crippen LogP contribution in [-0.4, -0.2) is 22.6 Å². The molecule has 3 N–H and O–H groups in total. The second-order valence-electron chi connectivity index (χ2n) is 5.49. The Labute approximate surface area is 128 Å². The molecule has 1 aromatic rings. The van der Waals surface area contributed by atoms with E-state index in [0.717, 1.165) is 24.8 Å². The van der Waals surface area contributed by atoms with Crippen molar-refractivity contribution in [3.05, 3.63) is 28.8 Å². The van der Waals surface area contributed by atoms with Crippen molar-refractivity contribution in [3.63, 3.8) is 0 Å². The summed E-state index contributed by atoms with van der Waals surface area (Å²) in [5, 5.41) is 15.3. The number of nitrogens with one attached hydrogen (secondary N) is 2. The quantitative estimate of drug-likeness (QED) is 0.798. The number of hydrogen-bond acceptors (Lipinski definition) is 2. The average molecular weight is 311 g/mol. The van der Waals surface area contributed by atoms with Crippen LogP contribution >= 0.6 is 11.6 Å². The molecule has 1 aliphatic rings. The lowest BCUT2D eigenvalue weighted by Gasteiger charge is -2.33. The summed E-state index contributed by atoms with van der Waals surface area (Å²) in [7, 11) is 0. The van der Waals surface area contributed by atoms with E-state index >= 15 is 0 Å². The summed E-state index contributed by atoms with van der Waals surface area (Å²) in [6, 6.07) is 4.67. The fourth-order valence-corrected chi connectivity index (χ4v) is 2.82. The highest BCUT2D eigenvalue weighted by Crippen LogP contribution is 2.29. The third-order valence-corrected chi connectivity index (χ3v) is 4.15. The molecule has 1 aliphatic carbocycles. The Morgan fingerprint density at radius 1 is 1.24 bits per heavy atom. The Kier molecular flexibility index (Phi) is 4.73. The van der Waals surface area contributed by atoms with Gasteiger partial charge >= 0.3 is 12.0 Å². The fourth-order valence-electron chi connectivity index (χ4n) is 2.65. The van der Waals surface area contributed by atoms with Gasteiger partial charge in [0.2, 0.25) is 0 Å². The highest BCUT2D eigenvalue weighted by Gasteiger charge is 2.41. The molecule has 2 rings (SSSR count). The largest absolute Gasteiger partial charge is 0.480 e. The van der Waals surface area contributed by atoms with E-state index in [1.807, 2.05) is 6.92 Å². The summed E-state index contributed by atoms with van der Waals surface area (Å²) >= 11 is 5.90. The van der Waals surface area contributed by atoms with Crippen molar-refractivity contribution in [2.45, 2.75) is 44.6 Å². The number of urea groups is 1. The van der Waals surface area contributed by atoms with Crippen LogP contribution in [0.15, 0.2) is 18.2 Å². The molecular weight excluding hydrogens is 292 g/mol. The Morgan fingerprint density at radius 2 is 1.90 bits per heavy atom. The van der Waals surface area contributed by atoms with Crippen molar-refractivity contribution in [2.24, 2.45) is 0 Å². The number of anilines is 1. The number of carboxylic acids is 1. The first-order valence-electron chi connectivity index (χ1n) is 7.02. The second-order valence-corrected chi connectivity index (χ2v) is 5.92. The summed E-state index contributed by atoms with van der Waals surface area (Å²) in [5.41, 5.74) is 0.286. The van der Waals surface area contributed by atoms with Gasteiger partial charge in [-0.2, -0.15) is 0 Å². The molecule has 0 heterocycles. The molecule has 1 aromatic carbocycles. The van der Waals surface area contributed by atoms with Crippen LogP contribution in [0.1, 0.15) is 37.7 Å². The first-order valence-corrected chi connectivity index (χ1v) is 7.39. The molecule has 2 amide bonds. The smallest absolute Gasteiger partial charge is 0.329 e. The summed E-state index contributed by atoms with van der Waals surface area (Å²) in [5.74, 6) is -0.972. The van der Waals surface area contributed by atoms with E-state index in [-0.39, 0.29) is 0 Å². The number of carbonyl (C=O) groups excluding carboxylic acids is 1. The predicted octanol–water partition coefficient (Wildman–Crippen LogP) is 3.56. The standard InChI is InChI=1S/C15H19ClN2O3/c1-10-5-6-11(16)9-12(10)17-14(21)18-15(13(19)20)7-3-2-4-8-15/h5-6,9H,2-4,7-8H2,1H3,(H,19,20)(H2,17,18,21). The molecule has 5 nitrogen and oxygen atoms in total.